The standard InChI is InChI=1S/C19H28N4/c1-16-13-20-18(21-16)14-23(3)15-19(9-11-22(2)12-10-19)17-7-5-4-6-8-17/h4-8,13H,9-12,14-15H2,1-3H3,(H,20,21). The Morgan fingerprint density at radius 3 is 2.52 bits per heavy atom. The third kappa shape index (κ3) is 3.82. The van der Waals surface area contributed by atoms with E-state index in [9.17, 15) is 0 Å². The van der Waals surface area contributed by atoms with E-state index in [0.717, 1.165) is 24.6 Å². The summed E-state index contributed by atoms with van der Waals surface area (Å²) in [5, 5.41) is 0. The number of hydrogen-bond donors (Lipinski definition) is 1. The van der Waals surface area contributed by atoms with Crippen LogP contribution in [0.4, 0.5) is 0 Å². The molecule has 3 rings (SSSR count). The Hall–Kier alpha value is -1.65. The van der Waals surface area contributed by atoms with Gasteiger partial charge in [-0.3, -0.25) is 4.90 Å². The van der Waals surface area contributed by atoms with Gasteiger partial charge in [-0.15, -0.1) is 0 Å². The minimum absolute atomic E-state index is 0.254. The fourth-order valence-electron chi connectivity index (χ4n) is 3.75. The normalized spacial score (nSPS) is 18.4. The predicted octanol–water partition coefficient (Wildman–Crippen LogP) is 2.81. The van der Waals surface area contributed by atoms with Gasteiger partial charge >= 0.3 is 0 Å². The van der Waals surface area contributed by atoms with Gasteiger partial charge in [-0.2, -0.15) is 0 Å². The van der Waals surface area contributed by atoms with Crippen molar-refractivity contribution < 1.29 is 0 Å². The number of rotatable bonds is 5. The van der Waals surface area contributed by atoms with Gasteiger partial charge in [-0.05, 0) is 52.5 Å². The third-order valence-corrected chi connectivity index (χ3v) is 5.08. The summed E-state index contributed by atoms with van der Waals surface area (Å²) in [7, 11) is 4.44. The highest BCUT2D eigenvalue weighted by atomic mass is 15.1. The van der Waals surface area contributed by atoms with Crippen LogP contribution in [0.1, 0.15) is 29.9 Å². The number of benzene rings is 1. The lowest BCUT2D eigenvalue weighted by Crippen LogP contribution is -2.47. The molecule has 2 aromatic rings. The molecule has 0 unspecified atom stereocenters. The number of hydrogen-bond acceptors (Lipinski definition) is 3. The number of likely N-dealkylation sites (tertiary alicyclic amines) is 1. The van der Waals surface area contributed by atoms with Gasteiger partial charge in [0.1, 0.15) is 5.82 Å². The molecule has 0 bridgehead atoms. The van der Waals surface area contributed by atoms with E-state index in [1.807, 2.05) is 6.20 Å². The number of nitrogens with zero attached hydrogens (tertiary/aromatic N) is 3. The summed E-state index contributed by atoms with van der Waals surface area (Å²) >= 11 is 0. The highest BCUT2D eigenvalue weighted by Crippen LogP contribution is 2.36. The maximum Gasteiger partial charge on any atom is 0.120 e. The van der Waals surface area contributed by atoms with E-state index in [4.69, 9.17) is 0 Å². The van der Waals surface area contributed by atoms with Crippen LogP contribution in [-0.2, 0) is 12.0 Å². The summed E-state index contributed by atoms with van der Waals surface area (Å²) in [6.45, 7) is 6.34. The van der Waals surface area contributed by atoms with Crippen molar-refractivity contribution in [1.82, 2.24) is 19.8 Å². The zero-order chi connectivity index (χ0) is 16.3. The van der Waals surface area contributed by atoms with Gasteiger partial charge in [-0.25, -0.2) is 4.98 Å². The van der Waals surface area contributed by atoms with Crippen molar-refractivity contribution in [3.63, 3.8) is 0 Å². The number of aryl methyl sites for hydroxylation is 1. The van der Waals surface area contributed by atoms with Crippen LogP contribution < -0.4 is 0 Å². The fraction of sp³-hybridized carbons (Fsp3) is 0.526. The SMILES string of the molecule is Cc1cnc(CN(C)CC2(c3ccccc3)CCN(C)CC2)[nH]1. The highest BCUT2D eigenvalue weighted by Gasteiger charge is 2.36. The molecular formula is C19H28N4. The molecule has 0 radical (unpaired) electrons. The molecule has 1 saturated heterocycles. The summed E-state index contributed by atoms with van der Waals surface area (Å²) < 4.78 is 0. The van der Waals surface area contributed by atoms with Crippen LogP contribution in [0.25, 0.3) is 0 Å². The Bertz CT molecular complexity index is 611. The molecule has 0 saturated carbocycles. The molecule has 1 aromatic heterocycles. The summed E-state index contributed by atoms with van der Waals surface area (Å²) in [6, 6.07) is 11.1. The number of nitrogens with one attached hydrogen (secondary N) is 1. The molecule has 1 aliphatic heterocycles. The first kappa shape index (κ1) is 16.2. The maximum atomic E-state index is 4.45. The molecule has 0 atom stereocenters. The van der Waals surface area contributed by atoms with Crippen LogP contribution in [0, 0.1) is 6.92 Å². The van der Waals surface area contributed by atoms with E-state index in [1.54, 1.807) is 0 Å². The summed E-state index contributed by atoms with van der Waals surface area (Å²) in [5.41, 5.74) is 2.87. The Morgan fingerprint density at radius 1 is 1.22 bits per heavy atom. The molecule has 4 nitrogen and oxygen atoms in total. The fourth-order valence-corrected chi connectivity index (χ4v) is 3.75. The second-order valence-corrected chi connectivity index (χ2v) is 7.13. The molecule has 1 N–H and O–H groups in total. The van der Waals surface area contributed by atoms with Gasteiger partial charge in [0.25, 0.3) is 0 Å². The quantitative estimate of drug-likeness (QED) is 0.922. The lowest BCUT2D eigenvalue weighted by molar-refractivity contribution is 0.139. The van der Waals surface area contributed by atoms with Crippen LogP contribution in [0.2, 0.25) is 0 Å². The molecule has 0 amide bonds. The molecule has 0 aliphatic carbocycles. The number of aromatic nitrogens is 2. The summed E-state index contributed by atoms with van der Waals surface area (Å²) in [4.78, 5) is 12.6. The Labute approximate surface area is 139 Å². The zero-order valence-electron chi connectivity index (χ0n) is 14.5. The van der Waals surface area contributed by atoms with Gasteiger partial charge in [0.2, 0.25) is 0 Å². The van der Waals surface area contributed by atoms with E-state index in [0.29, 0.717) is 0 Å². The van der Waals surface area contributed by atoms with Gasteiger partial charge in [0, 0.05) is 23.9 Å². The van der Waals surface area contributed by atoms with Crippen molar-refractivity contribution in [1.29, 1.82) is 0 Å². The van der Waals surface area contributed by atoms with E-state index < -0.39 is 0 Å². The van der Waals surface area contributed by atoms with Gasteiger partial charge < -0.3 is 9.88 Å². The van der Waals surface area contributed by atoms with Gasteiger partial charge in [-0.1, -0.05) is 30.3 Å². The van der Waals surface area contributed by atoms with E-state index in [1.165, 1.54) is 31.5 Å². The number of H-pyrrole nitrogens is 1. The average Bonchev–Trinajstić information content (AvgIpc) is 2.95. The van der Waals surface area contributed by atoms with Crippen molar-refractivity contribution in [2.45, 2.75) is 31.7 Å². The van der Waals surface area contributed by atoms with Crippen molar-refractivity contribution in [3.05, 3.63) is 53.6 Å². The summed E-state index contributed by atoms with van der Waals surface area (Å²) in [5.74, 6) is 1.06. The minimum atomic E-state index is 0.254. The molecule has 2 heterocycles. The topological polar surface area (TPSA) is 35.2 Å². The maximum absolute atomic E-state index is 4.45. The van der Waals surface area contributed by atoms with Crippen molar-refractivity contribution in [3.8, 4) is 0 Å². The zero-order valence-corrected chi connectivity index (χ0v) is 14.5. The minimum Gasteiger partial charge on any atom is -0.345 e. The van der Waals surface area contributed by atoms with Crippen LogP contribution in [-0.4, -0.2) is 53.5 Å². The lowest BCUT2D eigenvalue weighted by atomic mass is 9.72. The van der Waals surface area contributed by atoms with Crippen LogP contribution >= 0.6 is 0 Å². The van der Waals surface area contributed by atoms with Crippen LogP contribution in [0.5, 0.6) is 0 Å². The predicted molar refractivity (Wildman–Crippen MR) is 94.5 cm³/mol. The largest absolute Gasteiger partial charge is 0.345 e. The second kappa shape index (κ2) is 6.85. The van der Waals surface area contributed by atoms with E-state index in [-0.39, 0.29) is 5.41 Å². The number of aromatic amines is 1. The van der Waals surface area contributed by atoms with Crippen molar-refractivity contribution in [2.75, 3.05) is 33.7 Å². The smallest absolute Gasteiger partial charge is 0.120 e. The second-order valence-electron chi connectivity index (χ2n) is 7.13. The highest BCUT2D eigenvalue weighted by molar-refractivity contribution is 5.27. The molecule has 4 heteroatoms. The number of piperidine rings is 1. The number of likely N-dealkylation sites (N-methyl/N-ethyl adjacent to an activating group) is 1. The lowest BCUT2D eigenvalue weighted by Gasteiger charge is -2.43. The Kier molecular flexibility index (Phi) is 4.83. The summed E-state index contributed by atoms with van der Waals surface area (Å²) in [6.07, 6.45) is 4.34. The van der Waals surface area contributed by atoms with Crippen molar-refractivity contribution >= 4 is 0 Å². The first-order chi connectivity index (χ1) is 11.1. The molecule has 1 aromatic carbocycles. The monoisotopic (exact) mass is 312 g/mol. The Morgan fingerprint density at radius 2 is 1.91 bits per heavy atom. The van der Waals surface area contributed by atoms with Gasteiger partial charge in [0.15, 0.2) is 0 Å². The Balaban J connectivity index is 1.76. The van der Waals surface area contributed by atoms with Gasteiger partial charge in [0.05, 0.1) is 6.54 Å². The first-order valence-corrected chi connectivity index (χ1v) is 8.50. The number of imidazole rings is 1. The average molecular weight is 312 g/mol. The molecule has 0 spiro atoms. The molecular weight excluding hydrogens is 284 g/mol. The van der Waals surface area contributed by atoms with E-state index in [2.05, 4.69) is 71.1 Å². The van der Waals surface area contributed by atoms with Crippen LogP contribution in [0.3, 0.4) is 0 Å². The van der Waals surface area contributed by atoms with E-state index >= 15 is 0 Å². The van der Waals surface area contributed by atoms with Crippen LogP contribution in [0.15, 0.2) is 36.5 Å². The molecule has 124 valence electrons. The van der Waals surface area contributed by atoms with Crippen molar-refractivity contribution in [2.24, 2.45) is 0 Å². The first-order valence-electron chi connectivity index (χ1n) is 8.50. The third-order valence-electron chi connectivity index (χ3n) is 5.08. The molecule has 23 heavy (non-hydrogen) atoms. The molecule has 1 aliphatic rings. The molecule has 1 fully saturated rings.